The Morgan fingerprint density at radius 2 is 1.36 bits per heavy atom. The molecule has 4 heterocycles. The van der Waals surface area contributed by atoms with Gasteiger partial charge in [-0.3, -0.25) is 0 Å². The topological polar surface area (TPSA) is 99.4 Å². The summed E-state index contributed by atoms with van der Waals surface area (Å²) in [5.74, 6) is 1.41. The van der Waals surface area contributed by atoms with Crippen LogP contribution in [-0.4, -0.2) is 9.97 Å². The lowest BCUT2D eigenvalue weighted by molar-refractivity contribution is 0.215. The Hall–Kier alpha value is -3.00. The second kappa shape index (κ2) is 10.2. The number of nitriles is 2. The van der Waals surface area contributed by atoms with Crippen LogP contribution in [0, 0.1) is 45.3 Å². The van der Waals surface area contributed by atoms with E-state index in [0.29, 0.717) is 27.3 Å². The van der Waals surface area contributed by atoms with E-state index in [9.17, 15) is 0 Å². The Morgan fingerprint density at radius 3 is 1.90 bits per heavy atom. The number of nitrogen functional groups attached to an aromatic ring is 1. The van der Waals surface area contributed by atoms with Gasteiger partial charge in [0, 0.05) is 22.2 Å². The van der Waals surface area contributed by atoms with Gasteiger partial charge in [0.1, 0.15) is 31.6 Å². The fourth-order valence-corrected chi connectivity index (χ4v) is 7.66. The van der Waals surface area contributed by atoms with Crippen molar-refractivity contribution in [2.24, 2.45) is 22.7 Å². The molecule has 6 rings (SSSR count). The molecule has 0 aromatic carbocycles. The third-order valence-electron chi connectivity index (χ3n) is 8.62. The van der Waals surface area contributed by atoms with Crippen LogP contribution in [0.1, 0.15) is 86.7 Å². The van der Waals surface area contributed by atoms with E-state index in [0.717, 1.165) is 56.9 Å². The molecule has 2 unspecified atom stereocenters. The Morgan fingerprint density at radius 1 is 0.795 bits per heavy atom. The average Bonchev–Trinajstić information content (AvgIpc) is 3.43. The van der Waals surface area contributed by atoms with Crippen molar-refractivity contribution < 1.29 is 0 Å². The summed E-state index contributed by atoms with van der Waals surface area (Å²) in [7, 11) is 0. The number of rotatable bonds is 0. The van der Waals surface area contributed by atoms with Crippen LogP contribution in [0.2, 0.25) is 0 Å². The predicted octanol–water partition coefficient (Wildman–Crippen LogP) is 8.22. The summed E-state index contributed by atoms with van der Waals surface area (Å²) in [6, 6.07) is 10.8. The minimum absolute atomic E-state index is 0.324. The van der Waals surface area contributed by atoms with E-state index in [1.807, 2.05) is 6.07 Å². The second-order valence-electron chi connectivity index (χ2n) is 13.2. The number of fused-ring (bicyclic) bond motifs is 4. The molecule has 0 bridgehead atoms. The van der Waals surface area contributed by atoms with Gasteiger partial charge in [-0.15, -0.1) is 22.7 Å². The van der Waals surface area contributed by atoms with Gasteiger partial charge in [0.15, 0.2) is 0 Å². The Bertz CT molecular complexity index is 1630. The molecule has 202 valence electrons. The molecule has 0 saturated carbocycles. The molecular formula is C32H37N5S2. The molecule has 0 aliphatic heterocycles. The fourth-order valence-electron chi connectivity index (χ4n) is 5.93. The van der Waals surface area contributed by atoms with Crippen molar-refractivity contribution in [3.05, 3.63) is 50.5 Å². The van der Waals surface area contributed by atoms with Crippen LogP contribution in [0.5, 0.6) is 0 Å². The molecule has 0 amide bonds. The van der Waals surface area contributed by atoms with Crippen molar-refractivity contribution in [3.63, 3.8) is 0 Å². The monoisotopic (exact) mass is 555 g/mol. The van der Waals surface area contributed by atoms with E-state index in [1.54, 1.807) is 0 Å². The van der Waals surface area contributed by atoms with Crippen LogP contribution in [0.15, 0.2) is 18.2 Å². The SMILES string of the molecule is CC(C)(C)C1CCc2nc3sc(C#N)c(N)c3cc2C1.CC(C)(C)C1CCc2nc3sc(C#N)cc3cc2C1. The maximum atomic E-state index is 9.09. The summed E-state index contributed by atoms with van der Waals surface area (Å²) < 4.78 is 0. The van der Waals surface area contributed by atoms with Crippen molar-refractivity contribution in [2.45, 2.75) is 80.1 Å². The van der Waals surface area contributed by atoms with Gasteiger partial charge in [0.25, 0.3) is 0 Å². The summed E-state index contributed by atoms with van der Waals surface area (Å²) in [6.45, 7) is 13.9. The van der Waals surface area contributed by atoms with E-state index >= 15 is 0 Å². The van der Waals surface area contributed by atoms with Gasteiger partial charge in [-0.2, -0.15) is 10.5 Å². The van der Waals surface area contributed by atoms with Crippen LogP contribution < -0.4 is 5.73 Å². The third-order valence-corrected chi connectivity index (χ3v) is 10.6. The molecule has 4 aromatic rings. The minimum Gasteiger partial charge on any atom is -0.396 e. The van der Waals surface area contributed by atoms with Crippen molar-refractivity contribution in [2.75, 3.05) is 5.73 Å². The highest BCUT2D eigenvalue weighted by molar-refractivity contribution is 7.20. The smallest absolute Gasteiger partial charge is 0.130 e. The van der Waals surface area contributed by atoms with Gasteiger partial charge in [0.05, 0.1) is 5.69 Å². The molecule has 0 saturated heterocycles. The Kier molecular flexibility index (Phi) is 7.20. The lowest BCUT2D eigenvalue weighted by Crippen LogP contribution is -2.27. The summed E-state index contributed by atoms with van der Waals surface area (Å²) in [6.07, 6.45) is 6.73. The molecule has 2 aliphatic rings. The van der Waals surface area contributed by atoms with Crippen LogP contribution in [-0.2, 0) is 25.7 Å². The first kappa shape index (κ1) is 27.6. The Balaban J connectivity index is 0.000000158. The van der Waals surface area contributed by atoms with E-state index < -0.39 is 0 Å². The number of nitrogens with zero attached hydrogens (tertiary/aromatic N) is 4. The number of hydrogen-bond donors (Lipinski definition) is 1. The van der Waals surface area contributed by atoms with Gasteiger partial charge in [-0.25, -0.2) is 9.97 Å². The first-order valence-electron chi connectivity index (χ1n) is 13.8. The molecule has 2 aliphatic carbocycles. The number of nitrogens with two attached hydrogens (primary N) is 1. The van der Waals surface area contributed by atoms with Crippen molar-refractivity contribution in [1.82, 2.24) is 9.97 Å². The zero-order chi connectivity index (χ0) is 28.1. The van der Waals surface area contributed by atoms with Crippen molar-refractivity contribution in [1.29, 1.82) is 10.5 Å². The van der Waals surface area contributed by atoms with Crippen molar-refractivity contribution in [3.8, 4) is 12.1 Å². The average molecular weight is 556 g/mol. The fraction of sp³-hybridized carbons (Fsp3) is 0.500. The number of thiophene rings is 2. The van der Waals surface area contributed by atoms with Gasteiger partial charge in [-0.1, -0.05) is 41.5 Å². The maximum Gasteiger partial charge on any atom is 0.130 e. The number of aromatic nitrogens is 2. The largest absolute Gasteiger partial charge is 0.396 e. The molecule has 2 atom stereocenters. The molecule has 4 aromatic heterocycles. The summed E-state index contributed by atoms with van der Waals surface area (Å²) in [4.78, 5) is 12.8. The van der Waals surface area contributed by atoms with Gasteiger partial charge < -0.3 is 5.73 Å². The number of pyridine rings is 2. The molecule has 2 N–H and O–H groups in total. The van der Waals surface area contributed by atoms with Crippen LogP contribution in [0.4, 0.5) is 5.69 Å². The highest BCUT2D eigenvalue weighted by Crippen LogP contribution is 2.41. The number of hydrogen-bond acceptors (Lipinski definition) is 7. The Labute approximate surface area is 239 Å². The maximum absolute atomic E-state index is 9.09. The van der Waals surface area contributed by atoms with Crippen LogP contribution >= 0.6 is 22.7 Å². The first-order chi connectivity index (χ1) is 18.4. The predicted molar refractivity (Wildman–Crippen MR) is 163 cm³/mol. The standard InChI is InChI=1S/C16H19N3S.C16H18N2S/c1-16(2,3)10-4-5-12-9(6-10)7-11-14(18)13(8-17)20-15(11)19-12;1-16(2,3)12-4-5-14-10(7-12)6-11-8-13(9-17)19-15(11)18-14/h7,10H,4-6,18H2,1-3H3;6,8,12H,4-5,7H2,1-3H3. The summed E-state index contributed by atoms with van der Waals surface area (Å²) in [5.41, 5.74) is 12.5. The summed E-state index contributed by atoms with van der Waals surface area (Å²) >= 11 is 2.91. The molecule has 39 heavy (non-hydrogen) atoms. The zero-order valence-electron chi connectivity index (χ0n) is 23.8. The summed E-state index contributed by atoms with van der Waals surface area (Å²) in [5, 5.41) is 20.2. The van der Waals surface area contributed by atoms with Gasteiger partial charge in [0.2, 0.25) is 0 Å². The first-order valence-corrected chi connectivity index (χ1v) is 15.4. The molecule has 7 heteroatoms. The lowest BCUT2D eigenvalue weighted by atomic mass is 9.71. The second-order valence-corrected chi connectivity index (χ2v) is 15.3. The van der Waals surface area contributed by atoms with E-state index in [1.165, 1.54) is 58.0 Å². The van der Waals surface area contributed by atoms with Gasteiger partial charge >= 0.3 is 0 Å². The van der Waals surface area contributed by atoms with Crippen LogP contribution in [0.3, 0.4) is 0 Å². The molecule has 0 radical (unpaired) electrons. The quantitative estimate of drug-likeness (QED) is 0.236. The number of anilines is 1. The van der Waals surface area contributed by atoms with Crippen molar-refractivity contribution >= 4 is 48.8 Å². The third kappa shape index (κ3) is 5.53. The zero-order valence-corrected chi connectivity index (χ0v) is 25.4. The lowest BCUT2D eigenvalue weighted by Gasteiger charge is -2.34. The molecule has 0 spiro atoms. The molecule has 0 fully saturated rings. The van der Waals surface area contributed by atoms with Gasteiger partial charge in [-0.05, 0) is 90.5 Å². The highest BCUT2D eigenvalue weighted by Gasteiger charge is 2.31. The van der Waals surface area contributed by atoms with Crippen LogP contribution in [0.25, 0.3) is 20.4 Å². The van der Waals surface area contributed by atoms with E-state index in [-0.39, 0.29) is 0 Å². The molecule has 5 nitrogen and oxygen atoms in total. The highest BCUT2D eigenvalue weighted by atomic mass is 32.1. The van der Waals surface area contributed by atoms with E-state index in [2.05, 4.69) is 65.8 Å². The number of aryl methyl sites for hydroxylation is 2. The molecular weight excluding hydrogens is 519 g/mol. The normalized spacial score (nSPS) is 19.0. The van der Waals surface area contributed by atoms with E-state index in [4.69, 9.17) is 26.2 Å². The minimum atomic E-state index is 0.324.